The van der Waals surface area contributed by atoms with Crippen molar-refractivity contribution in [2.24, 2.45) is 0 Å². The summed E-state index contributed by atoms with van der Waals surface area (Å²) >= 11 is 0. The number of carboxylic acids is 2. The molecule has 18 nitrogen and oxygen atoms in total. The Hall–Kier alpha value is -3.26. The maximum absolute atomic E-state index is 12.5. The fraction of sp³-hybridized carbons (Fsp3) is 0.714. The molecule has 8 N–H and O–H groups in total. The highest BCUT2D eigenvalue weighted by Gasteiger charge is 2.44. The van der Waals surface area contributed by atoms with E-state index in [4.69, 9.17) is 19.3 Å². The standard InChI is InChI=1S/C21H33N5O13/c1-10(28)22-13(19(34)23-12(20(35)36)2-3-15(29)30)9-37-8-11-6-26(25-24-11)4-5-38-21-18(33)17(32)16(31)14(7-27)39-21/h6,12-14,16-18,21,27,31-33H,2-5,7-9H2,1H3,(H,22,28)(H,23,34)(H,29,30)(H,35,36)/t12-,13+,14?,16-,17?,18?,21-/m1/s1. The molecule has 0 saturated carbocycles. The number of hydrogen-bond donors (Lipinski definition) is 8. The van der Waals surface area contributed by atoms with Gasteiger partial charge in [-0.25, -0.2) is 9.48 Å². The maximum atomic E-state index is 12.5. The van der Waals surface area contributed by atoms with Gasteiger partial charge in [-0.15, -0.1) is 5.10 Å². The van der Waals surface area contributed by atoms with Crippen LogP contribution in [0.25, 0.3) is 0 Å². The number of carboxylic acid groups (broad SMARTS) is 2. The van der Waals surface area contributed by atoms with Crippen LogP contribution in [-0.2, 0) is 46.5 Å². The number of hydrogen-bond acceptors (Lipinski definition) is 13. The van der Waals surface area contributed by atoms with Crippen molar-refractivity contribution in [1.29, 1.82) is 0 Å². The number of aliphatic hydroxyl groups is 4. The van der Waals surface area contributed by atoms with Crippen LogP contribution in [0.1, 0.15) is 25.5 Å². The van der Waals surface area contributed by atoms with E-state index in [1.807, 2.05) is 0 Å². The molecule has 39 heavy (non-hydrogen) atoms. The lowest BCUT2D eigenvalue weighted by Crippen LogP contribution is -2.59. The van der Waals surface area contributed by atoms with E-state index >= 15 is 0 Å². The lowest BCUT2D eigenvalue weighted by Gasteiger charge is -2.39. The SMILES string of the molecule is CC(=O)N[C@@H](COCc1cn(CCO[C@@H]2OC(CO)[C@@H](O)C(O)C2O)nn1)C(=O)N[C@H](CCC(=O)O)C(=O)O. The van der Waals surface area contributed by atoms with Gasteiger partial charge in [0.25, 0.3) is 0 Å². The van der Waals surface area contributed by atoms with Gasteiger partial charge in [-0.3, -0.25) is 14.4 Å². The predicted molar refractivity (Wildman–Crippen MR) is 123 cm³/mol. The van der Waals surface area contributed by atoms with Crippen LogP contribution in [-0.4, -0.2) is 132 Å². The minimum Gasteiger partial charge on any atom is -0.481 e. The molecule has 1 aliphatic heterocycles. The molecule has 220 valence electrons. The fourth-order valence-corrected chi connectivity index (χ4v) is 3.49. The Morgan fingerprint density at radius 3 is 2.44 bits per heavy atom. The van der Waals surface area contributed by atoms with Gasteiger partial charge in [0.2, 0.25) is 11.8 Å². The lowest BCUT2D eigenvalue weighted by molar-refractivity contribution is -0.301. The highest BCUT2D eigenvalue weighted by atomic mass is 16.7. The van der Waals surface area contributed by atoms with Crippen molar-refractivity contribution in [2.45, 2.75) is 75.7 Å². The van der Waals surface area contributed by atoms with Crippen LogP contribution in [0.3, 0.4) is 0 Å². The number of carbonyl (C=O) groups excluding carboxylic acids is 2. The fourth-order valence-electron chi connectivity index (χ4n) is 3.49. The van der Waals surface area contributed by atoms with Gasteiger partial charge in [-0.1, -0.05) is 5.21 Å². The molecule has 1 aliphatic rings. The van der Waals surface area contributed by atoms with Gasteiger partial charge in [0.15, 0.2) is 6.29 Å². The first kappa shape index (κ1) is 32.0. The first-order chi connectivity index (χ1) is 18.4. The number of amides is 2. The van der Waals surface area contributed by atoms with Gasteiger partial charge < -0.3 is 55.5 Å². The summed E-state index contributed by atoms with van der Waals surface area (Å²) in [4.78, 5) is 46.0. The molecule has 1 fully saturated rings. The van der Waals surface area contributed by atoms with E-state index in [1.54, 1.807) is 0 Å². The van der Waals surface area contributed by atoms with E-state index in [0.717, 1.165) is 6.92 Å². The smallest absolute Gasteiger partial charge is 0.326 e. The quantitative estimate of drug-likeness (QED) is 0.0942. The Morgan fingerprint density at radius 1 is 1.10 bits per heavy atom. The molecule has 7 atom stereocenters. The summed E-state index contributed by atoms with van der Waals surface area (Å²) < 4.78 is 17.4. The molecule has 18 heteroatoms. The number of nitrogens with zero attached hydrogens (tertiary/aromatic N) is 3. The van der Waals surface area contributed by atoms with Crippen molar-refractivity contribution in [3.05, 3.63) is 11.9 Å². The number of rotatable bonds is 16. The maximum Gasteiger partial charge on any atom is 0.326 e. The summed E-state index contributed by atoms with van der Waals surface area (Å²) in [5.41, 5.74) is 0.328. The molecule has 0 spiro atoms. The number of ether oxygens (including phenoxy) is 3. The van der Waals surface area contributed by atoms with E-state index in [9.17, 15) is 44.7 Å². The van der Waals surface area contributed by atoms with Crippen molar-refractivity contribution in [3.63, 3.8) is 0 Å². The molecule has 0 aliphatic carbocycles. The molecule has 0 radical (unpaired) electrons. The van der Waals surface area contributed by atoms with Crippen LogP contribution in [0.2, 0.25) is 0 Å². The number of aliphatic hydroxyl groups excluding tert-OH is 4. The molecule has 0 aromatic carbocycles. The molecule has 2 amide bonds. The minimum atomic E-state index is -1.57. The van der Waals surface area contributed by atoms with Crippen LogP contribution in [0.5, 0.6) is 0 Å². The second-order valence-corrected chi connectivity index (χ2v) is 8.64. The molecule has 3 unspecified atom stereocenters. The van der Waals surface area contributed by atoms with Crippen LogP contribution in [0.4, 0.5) is 0 Å². The summed E-state index contributed by atoms with van der Waals surface area (Å²) in [6, 6.07) is -2.74. The van der Waals surface area contributed by atoms with Crippen LogP contribution >= 0.6 is 0 Å². The molecular weight excluding hydrogens is 530 g/mol. The number of carbonyl (C=O) groups is 4. The van der Waals surface area contributed by atoms with E-state index in [0.29, 0.717) is 5.69 Å². The van der Waals surface area contributed by atoms with Crippen molar-refractivity contribution < 1.29 is 64.0 Å². The molecular formula is C21H33N5O13. The average molecular weight is 564 g/mol. The summed E-state index contributed by atoms with van der Waals surface area (Å²) in [5, 5.41) is 69.0. The normalized spacial score (nSPS) is 24.5. The molecule has 2 rings (SSSR count). The summed E-state index contributed by atoms with van der Waals surface area (Å²) in [5.74, 6) is -4.12. The third-order valence-corrected chi connectivity index (χ3v) is 5.53. The van der Waals surface area contributed by atoms with Crippen LogP contribution in [0, 0.1) is 0 Å². The number of aliphatic carboxylic acids is 2. The molecule has 0 bridgehead atoms. The van der Waals surface area contributed by atoms with Gasteiger partial charge >= 0.3 is 11.9 Å². The Bertz CT molecular complexity index is 974. The first-order valence-electron chi connectivity index (χ1n) is 11.8. The Kier molecular flexibility index (Phi) is 12.6. The van der Waals surface area contributed by atoms with Gasteiger partial charge in [-0.05, 0) is 6.42 Å². The van der Waals surface area contributed by atoms with E-state index in [2.05, 4.69) is 20.9 Å². The highest BCUT2D eigenvalue weighted by molar-refractivity contribution is 5.90. The molecule has 1 aromatic heterocycles. The Balaban J connectivity index is 1.83. The zero-order valence-electron chi connectivity index (χ0n) is 21.0. The summed E-state index contributed by atoms with van der Waals surface area (Å²) in [6.45, 7) is 0.140. The minimum absolute atomic E-state index is 0.0518. The largest absolute Gasteiger partial charge is 0.481 e. The zero-order chi connectivity index (χ0) is 29.1. The second-order valence-electron chi connectivity index (χ2n) is 8.64. The molecule has 1 saturated heterocycles. The third-order valence-electron chi connectivity index (χ3n) is 5.53. The summed E-state index contributed by atoms with van der Waals surface area (Å²) in [7, 11) is 0. The van der Waals surface area contributed by atoms with Crippen molar-refractivity contribution in [1.82, 2.24) is 25.6 Å². The number of aromatic nitrogens is 3. The van der Waals surface area contributed by atoms with E-state index in [-0.39, 0.29) is 32.8 Å². The van der Waals surface area contributed by atoms with E-state index < -0.39 is 79.6 Å². The van der Waals surface area contributed by atoms with Gasteiger partial charge in [0.1, 0.15) is 42.2 Å². The van der Waals surface area contributed by atoms with E-state index in [1.165, 1.54) is 10.9 Å². The second kappa shape index (κ2) is 15.4. The van der Waals surface area contributed by atoms with Gasteiger partial charge in [-0.2, -0.15) is 0 Å². The van der Waals surface area contributed by atoms with Crippen LogP contribution < -0.4 is 10.6 Å². The summed E-state index contributed by atoms with van der Waals surface area (Å²) in [6.07, 6.45) is -6.38. The molecule has 1 aromatic rings. The third kappa shape index (κ3) is 10.1. The first-order valence-corrected chi connectivity index (χ1v) is 11.8. The van der Waals surface area contributed by atoms with Crippen LogP contribution in [0.15, 0.2) is 6.20 Å². The average Bonchev–Trinajstić information content (AvgIpc) is 3.32. The van der Waals surface area contributed by atoms with Gasteiger partial charge in [0.05, 0.1) is 39.2 Å². The van der Waals surface area contributed by atoms with Gasteiger partial charge in [0, 0.05) is 13.3 Å². The Morgan fingerprint density at radius 2 is 1.82 bits per heavy atom. The topological polar surface area (TPSA) is 272 Å². The predicted octanol–water partition coefficient (Wildman–Crippen LogP) is -4.45. The highest BCUT2D eigenvalue weighted by Crippen LogP contribution is 2.21. The monoisotopic (exact) mass is 563 g/mol. The molecule has 2 heterocycles. The zero-order valence-corrected chi connectivity index (χ0v) is 21.0. The van der Waals surface area contributed by atoms with Crippen molar-refractivity contribution in [2.75, 3.05) is 19.8 Å². The lowest BCUT2D eigenvalue weighted by atomic mass is 9.99. The number of nitrogens with one attached hydrogen (secondary N) is 2. The van der Waals surface area contributed by atoms with Crippen molar-refractivity contribution in [3.8, 4) is 0 Å². The Labute approximate surface area is 221 Å². The van der Waals surface area contributed by atoms with Crippen molar-refractivity contribution >= 4 is 23.8 Å².